The molecule has 146 valence electrons. The Morgan fingerprint density at radius 2 is 1.66 bits per heavy atom. The average molecular weight is 385 g/mol. The lowest BCUT2D eigenvalue weighted by molar-refractivity contribution is -0.148. The summed E-state index contributed by atoms with van der Waals surface area (Å²) in [6.45, 7) is 3.54. The first-order valence-electron chi connectivity index (χ1n) is 9.43. The molecule has 0 saturated heterocycles. The molecule has 1 atom stereocenters. The molecular formula is C25H23NO3. The zero-order valence-corrected chi connectivity index (χ0v) is 16.5. The third-order valence-corrected chi connectivity index (χ3v) is 4.39. The van der Waals surface area contributed by atoms with Gasteiger partial charge < -0.3 is 10.1 Å². The molecule has 0 saturated carbocycles. The van der Waals surface area contributed by atoms with Crippen molar-refractivity contribution in [1.82, 2.24) is 0 Å². The van der Waals surface area contributed by atoms with Crippen LogP contribution in [0.1, 0.15) is 18.1 Å². The third kappa shape index (κ3) is 5.66. The number of amides is 1. The number of esters is 1. The molecule has 4 nitrogen and oxygen atoms in total. The highest BCUT2D eigenvalue weighted by atomic mass is 16.5. The molecule has 0 aliphatic heterocycles. The number of benzene rings is 3. The van der Waals surface area contributed by atoms with Crippen LogP contribution in [0.3, 0.4) is 0 Å². The van der Waals surface area contributed by atoms with E-state index >= 15 is 0 Å². The van der Waals surface area contributed by atoms with Crippen molar-refractivity contribution >= 4 is 23.6 Å². The molecule has 0 unspecified atom stereocenters. The van der Waals surface area contributed by atoms with Gasteiger partial charge in [0.2, 0.25) is 0 Å². The lowest BCUT2D eigenvalue weighted by Gasteiger charge is -2.15. The van der Waals surface area contributed by atoms with Gasteiger partial charge in [-0.25, -0.2) is 4.79 Å². The van der Waals surface area contributed by atoms with Gasteiger partial charge in [0.1, 0.15) is 0 Å². The van der Waals surface area contributed by atoms with Gasteiger partial charge >= 0.3 is 5.97 Å². The molecule has 1 N–H and O–H groups in total. The molecule has 0 fully saturated rings. The lowest BCUT2D eigenvalue weighted by Crippen LogP contribution is -2.29. The molecule has 0 radical (unpaired) electrons. The monoisotopic (exact) mass is 385 g/mol. The molecule has 29 heavy (non-hydrogen) atoms. The lowest BCUT2D eigenvalue weighted by atomic mass is 10.0. The summed E-state index contributed by atoms with van der Waals surface area (Å²) in [6, 6.07) is 25.1. The van der Waals surface area contributed by atoms with E-state index in [1.54, 1.807) is 13.0 Å². The van der Waals surface area contributed by atoms with E-state index in [-0.39, 0.29) is 5.91 Å². The SMILES string of the molecule is Cc1cccc(/C=C/C(=O)O[C@H](C)C(=O)Nc2ccccc2-c2ccccc2)c1. The van der Waals surface area contributed by atoms with E-state index in [2.05, 4.69) is 5.32 Å². The molecule has 0 heterocycles. The maximum absolute atomic E-state index is 12.5. The van der Waals surface area contributed by atoms with Gasteiger partial charge in [0.05, 0.1) is 0 Å². The standard InChI is InChI=1S/C25H23NO3/c1-18-9-8-10-20(17-18)15-16-24(27)29-19(2)25(28)26-23-14-7-6-13-22(23)21-11-4-3-5-12-21/h3-17,19H,1-2H3,(H,26,28)/b16-15+/t19-/m1/s1. The Balaban J connectivity index is 1.63. The van der Waals surface area contributed by atoms with E-state index in [1.165, 1.54) is 6.08 Å². The molecule has 0 spiro atoms. The van der Waals surface area contributed by atoms with Crippen LogP contribution in [0.25, 0.3) is 17.2 Å². The smallest absolute Gasteiger partial charge is 0.331 e. The summed E-state index contributed by atoms with van der Waals surface area (Å²) in [5.41, 5.74) is 4.57. The Bertz CT molecular complexity index is 1030. The average Bonchev–Trinajstić information content (AvgIpc) is 2.73. The summed E-state index contributed by atoms with van der Waals surface area (Å²) < 4.78 is 5.24. The van der Waals surface area contributed by atoms with Crippen LogP contribution in [0.2, 0.25) is 0 Å². The molecule has 0 aliphatic carbocycles. The number of para-hydroxylation sites is 1. The van der Waals surface area contributed by atoms with Crippen molar-refractivity contribution in [3.05, 3.63) is 96.1 Å². The largest absolute Gasteiger partial charge is 0.449 e. The van der Waals surface area contributed by atoms with E-state index in [4.69, 9.17) is 4.74 Å². The van der Waals surface area contributed by atoms with E-state index in [9.17, 15) is 9.59 Å². The van der Waals surface area contributed by atoms with Crippen LogP contribution in [0.4, 0.5) is 5.69 Å². The molecule has 0 aliphatic rings. The number of rotatable bonds is 6. The van der Waals surface area contributed by atoms with E-state index in [1.807, 2.05) is 85.8 Å². The van der Waals surface area contributed by atoms with Crippen molar-refractivity contribution in [2.45, 2.75) is 20.0 Å². The van der Waals surface area contributed by atoms with Crippen LogP contribution in [-0.4, -0.2) is 18.0 Å². The molecule has 0 aromatic heterocycles. The Labute approximate surface area is 170 Å². The van der Waals surface area contributed by atoms with Crippen LogP contribution < -0.4 is 5.32 Å². The van der Waals surface area contributed by atoms with Crippen LogP contribution in [0.15, 0.2) is 84.9 Å². The predicted octanol–water partition coefficient (Wildman–Crippen LogP) is 5.25. The Morgan fingerprint density at radius 3 is 2.41 bits per heavy atom. The van der Waals surface area contributed by atoms with Gasteiger partial charge in [-0.3, -0.25) is 4.79 Å². The van der Waals surface area contributed by atoms with Crippen molar-refractivity contribution in [3.8, 4) is 11.1 Å². The van der Waals surface area contributed by atoms with E-state index in [0.717, 1.165) is 22.3 Å². The number of carbonyl (C=O) groups excluding carboxylic acids is 2. The molecule has 3 aromatic rings. The van der Waals surface area contributed by atoms with Crippen LogP contribution >= 0.6 is 0 Å². The normalized spacial score (nSPS) is 11.8. The van der Waals surface area contributed by atoms with Gasteiger partial charge in [-0.2, -0.15) is 0 Å². The summed E-state index contributed by atoms with van der Waals surface area (Å²) >= 11 is 0. The first kappa shape index (κ1) is 20.1. The van der Waals surface area contributed by atoms with Crippen LogP contribution in [-0.2, 0) is 14.3 Å². The highest BCUT2D eigenvalue weighted by Crippen LogP contribution is 2.27. The Kier molecular flexibility index (Phi) is 6.59. The minimum absolute atomic E-state index is 0.384. The summed E-state index contributed by atoms with van der Waals surface area (Å²) in [4.78, 5) is 24.6. The van der Waals surface area contributed by atoms with Crippen molar-refractivity contribution < 1.29 is 14.3 Å². The molecule has 3 aromatic carbocycles. The molecule has 4 heteroatoms. The predicted molar refractivity (Wildman–Crippen MR) is 116 cm³/mol. The van der Waals surface area contributed by atoms with Crippen molar-refractivity contribution in [1.29, 1.82) is 0 Å². The second kappa shape index (κ2) is 9.51. The van der Waals surface area contributed by atoms with Crippen molar-refractivity contribution in [2.24, 2.45) is 0 Å². The second-order valence-corrected chi connectivity index (χ2v) is 6.73. The molecular weight excluding hydrogens is 362 g/mol. The van der Waals surface area contributed by atoms with Crippen LogP contribution in [0, 0.1) is 6.92 Å². The van der Waals surface area contributed by atoms with Crippen molar-refractivity contribution in [2.75, 3.05) is 5.32 Å². The molecule has 0 bridgehead atoms. The summed E-state index contributed by atoms with van der Waals surface area (Å²) in [6.07, 6.45) is 2.08. The second-order valence-electron chi connectivity index (χ2n) is 6.73. The number of aryl methyl sites for hydroxylation is 1. The first-order chi connectivity index (χ1) is 14.0. The van der Waals surface area contributed by atoms with Gasteiger partial charge in [0.25, 0.3) is 5.91 Å². The fourth-order valence-electron chi connectivity index (χ4n) is 2.90. The number of hydrogen-bond acceptors (Lipinski definition) is 3. The van der Waals surface area contributed by atoms with Crippen molar-refractivity contribution in [3.63, 3.8) is 0 Å². The summed E-state index contributed by atoms with van der Waals surface area (Å²) in [5, 5.41) is 2.86. The minimum atomic E-state index is -0.923. The summed E-state index contributed by atoms with van der Waals surface area (Å²) in [7, 11) is 0. The van der Waals surface area contributed by atoms with Gasteiger partial charge in [0.15, 0.2) is 6.10 Å². The zero-order valence-electron chi connectivity index (χ0n) is 16.5. The first-order valence-corrected chi connectivity index (χ1v) is 9.43. The van der Waals surface area contributed by atoms with Gasteiger partial charge in [-0.05, 0) is 37.1 Å². The topological polar surface area (TPSA) is 55.4 Å². The fraction of sp³-hybridized carbons (Fsp3) is 0.120. The van der Waals surface area contributed by atoms with E-state index in [0.29, 0.717) is 5.69 Å². The molecule has 3 rings (SSSR count). The Hall–Kier alpha value is -3.66. The third-order valence-electron chi connectivity index (χ3n) is 4.39. The minimum Gasteiger partial charge on any atom is -0.449 e. The maximum atomic E-state index is 12.5. The van der Waals surface area contributed by atoms with Gasteiger partial charge in [-0.1, -0.05) is 78.4 Å². The van der Waals surface area contributed by atoms with Crippen LogP contribution in [0.5, 0.6) is 0 Å². The zero-order chi connectivity index (χ0) is 20.6. The number of nitrogens with one attached hydrogen (secondary N) is 1. The number of ether oxygens (including phenoxy) is 1. The molecule has 1 amide bonds. The van der Waals surface area contributed by atoms with E-state index < -0.39 is 12.1 Å². The summed E-state index contributed by atoms with van der Waals surface area (Å²) in [5.74, 6) is -0.948. The van der Waals surface area contributed by atoms with Gasteiger partial charge in [-0.15, -0.1) is 0 Å². The highest BCUT2D eigenvalue weighted by molar-refractivity contribution is 5.99. The highest BCUT2D eigenvalue weighted by Gasteiger charge is 2.18. The number of hydrogen-bond donors (Lipinski definition) is 1. The van der Waals surface area contributed by atoms with Gasteiger partial charge in [0, 0.05) is 17.3 Å². The quantitative estimate of drug-likeness (QED) is 0.466. The Morgan fingerprint density at radius 1 is 0.931 bits per heavy atom. The maximum Gasteiger partial charge on any atom is 0.331 e. The number of carbonyl (C=O) groups is 2. The fourth-order valence-corrected chi connectivity index (χ4v) is 2.90. The number of anilines is 1.